The van der Waals surface area contributed by atoms with Gasteiger partial charge in [-0.25, -0.2) is 0 Å². The molecule has 0 bridgehead atoms. The van der Waals surface area contributed by atoms with E-state index in [4.69, 9.17) is 0 Å². The summed E-state index contributed by atoms with van der Waals surface area (Å²) >= 11 is 0. The van der Waals surface area contributed by atoms with Crippen LogP contribution in [0.15, 0.2) is 30.3 Å². The van der Waals surface area contributed by atoms with E-state index in [1.807, 2.05) is 39.0 Å². The molecule has 100 valence electrons. The standard InChI is InChI=1S/C15H23NO2/c1-4-15(5-2,14(17)18)16-12(3)11-13-9-7-6-8-10-13/h6-10,12,16H,4-5,11H2,1-3H3,(H,17,18). The van der Waals surface area contributed by atoms with Crippen LogP contribution in [0.25, 0.3) is 0 Å². The van der Waals surface area contributed by atoms with E-state index < -0.39 is 11.5 Å². The summed E-state index contributed by atoms with van der Waals surface area (Å²) in [5.74, 6) is -0.757. The summed E-state index contributed by atoms with van der Waals surface area (Å²) in [4.78, 5) is 11.4. The molecule has 0 aliphatic heterocycles. The third-order valence-corrected chi connectivity index (χ3v) is 3.52. The molecule has 1 atom stereocenters. The van der Waals surface area contributed by atoms with Crippen LogP contribution in [0.3, 0.4) is 0 Å². The van der Waals surface area contributed by atoms with Gasteiger partial charge in [0.2, 0.25) is 0 Å². The Balaban J connectivity index is 2.68. The molecule has 3 heteroatoms. The van der Waals surface area contributed by atoms with Gasteiger partial charge in [-0.15, -0.1) is 0 Å². The van der Waals surface area contributed by atoms with E-state index in [2.05, 4.69) is 17.4 Å². The smallest absolute Gasteiger partial charge is 0.323 e. The van der Waals surface area contributed by atoms with Gasteiger partial charge in [0.15, 0.2) is 0 Å². The molecule has 0 aliphatic carbocycles. The van der Waals surface area contributed by atoms with Gasteiger partial charge in [0.25, 0.3) is 0 Å². The summed E-state index contributed by atoms with van der Waals surface area (Å²) in [5, 5.41) is 12.7. The highest BCUT2D eigenvalue weighted by molar-refractivity contribution is 5.78. The third kappa shape index (κ3) is 3.57. The van der Waals surface area contributed by atoms with Crippen LogP contribution in [-0.4, -0.2) is 22.7 Å². The van der Waals surface area contributed by atoms with E-state index in [1.165, 1.54) is 5.56 Å². The Morgan fingerprint density at radius 2 is 1.83 bits per heavy atom. The number of carboxylic acid groups (broad SMARTS) is 1. The van der Waals surface area contributed by atoms with Crippen molar-refractivity contribution in [2.75, 3.05) is 0 Å². The predicted molar refractivity (Wildman–Crippen MR) is 73.7 cm³/mol. The van der Waals surface area contributed by atoms with E-state index in [1.54, 1.807) is 0 Å². The maximum atomic E-state index is 11.4. The Kier molecular flexibility index (Phi) is 5.35. The van der Waals surface area contributed by atoms with E-state index >= 15 is 0 Å². The van der Waals surface area contributed by atoms with Crippen molar-refractivity contribution in [2.24, 2.45) is 0 Å². The van der Waals surface area contributed by atoms with Gasteiger partial charge in [-0.3, -0.25) is 10.1 Å². The lowest BCUT2D eigenvalue weighted by Crippen LogP contribution is -2.55. The summed E-state index contributed by atoms with van der Waals surface area (Å²) in [6.45, 7) is 5.87. The number of hydrogen-bond acceptors (Lipinski definition) is 2. The zero-order valence-electron chi connectivity index (χ0n) is 11.4. The van der Waals surface area contributed by atoms with E-state index in [-0.39, 0.29) is 6.04 Å². The van der Waals surface area contributed by atoms with E-state index in [0.29, 0.717) is 12.8 Å². The van der Waals surface area contributed by atoms with Crippen LogP contribution in [0.2, 0.25) is 0 Å². The van der Waals surface area contributed by atoms with Crippen LogP contribution in [0.4, 0.5) is 0 Å². The number of hydrogen-bond donors (Lipinski definition) is 2. The van der Waals surface area contributed by atoms with Crippen molar-refractivity contribution < 1.29 is 9.90 Å². The summed E-state index contributed by atoms with van der Waals surface area (Å²) in [7, 11) is 0. The Hall–Kier alpha value is -1.35. The zero-order valence-corrected chi connectivity index (χ0v) is 11.4. The number of aliphatic carboxylic acids is 1. The number of benzene rings is 1. The molecule has 0 saturated heterocycles. The zero-order chi connectivity index (χ0) is 13.6. The molecule has 1 aromatic carbocycles. The molecule has 1 unspecified atom stereocenters. The van der Waals surface area contributed by atoms with Gasteiger partial charge < -0.3 is 5.11 Å². The highest BCUT2D eigenvalue weighted by Crippen LogP contribution is 2.17. The van der Waals surface area contributed by atoms with Gasteiger partial charge in [-0.05, 0) is 31.7 Å². The van der Waals surface area contributed by atoms with Crippen LogP contribution >= 0.6 is 0 Å². The second kappa shape index (κ2) is 6.55. The monoisotopic (exact) mass is 249 g/mol. The first-order valence-electron chi connectivity index (χ1n) is 6.59. The Morgan fingerprint density at radius 1 is 1.28 bits per heavy atom. The fraction of sp³-hybridized carbons (Fsp3) is 0.533. The molecule has 0 fully saturated rings. The molecular formula is C15H23NO2. The van der Waals surface area contributed by atoms with Crippen LogP contribution in [0, 0.1) is 0 Å². The molecule has 1 rings (SSSR count). The lowest BCUT2D eigenvalue weighted by molar-refractivity contribution is -0.145. The fourth-order valence-corrected chi connectivity index (χ4v) is 2.31. The predicted octanol–water partition coefficient (Wildman–Crippen LogP) is 2.85. The van der Waals surface area contributed by atoms with Crippen LogP contribution < -0.4 is 5.32 Å². The van der Waals surface area contributed by atoms with Gasteiger partial charge in [0.05, 0.1) is 0 Å². The molecule has 0 aromatic heterocycles. The van der Waals surface area contributed by atoms with Crippen molar-refractivity contribution in [1.82, 2.24) is 5.32 Å². The SMILES string of the molecule is CCC(CC)(NC(C)Cc1ccccc1)C(=O)O. The molecule has 0 aliphatic rings. The van der Waals surface area contributed by atoms with Crippen LogP contribution in [-0.2, 0) is 11.2 Å². The molecule has 0 heterocycles. The second-order valence-corrected chi connectivity index (χ2v) is 4.83. The molecule has 0 radical (unpaired) electrons. The maximum Gasteiger partial charge on any atom is 0.323 e. The Morgan fingerprint density at radius 3 is 2.28 bits per heavy atom. The summed E-state index contributed by atoms with van der Waals surface area (Å²) < 4.78 is 0. The molecule has 18 heavy (non-hydrogen) atoms. The average Bonchev–Trinajstić information content (AvgIpc) is 2.37. The fourth-order valence-electron chi connectivity index (χ4n) is 2.31. The maximum absolute atomic E-state index is 11.4. The lowest BCUT2D eigenvalue weighted by Gasteiger charge is -2.31. The molecule has 0 saturated carbocycles. The minimum Gasteiger partial charge on any atom is -0.480 e. The van der Waals surface area contributed by atoms with Crippen molar-refractivity contribution in [3.8, 4) is 0 Å². The normalized spacial score (nSPS) is 13.3. The highest BCUT2D eigenvalue weighted by Gasteiger charge is 2.35. The van der Waals surface area contributed by atoms with E-state index in [9.17, 15) is 9.90 Å². The molecule has 1 aromatic rings. The van der Waals surface area contributed by atoms with Gasteiger partial charge in [-0.1, -0.05) is 44.2 Å². The van der Waals surface area contributed by atoms with Crippen LogP contribution in [0.5, 0.6) is 0 Å². The van der Waals surface area contributed by atoms with Gasteiger partial charge >= 0.3 is 5.97 Å². The summed E-state index contributed by atoms with van der Waals surface area (Å²) in [6.07, 6.45) is 2.03. The first-order valence-corrected chi connectivity index (χ1v) is 6.59. The number of carbonyl (C=O) groups is 1. The van der Waals surface area contributed by atoms with E-state index in [0.717, 1.165) is 6.42 Å². The first-order chi connectivity index (χ1) is 8.54. The number of rotatable bonds is 7. The molecule has 2 N–H and O–H groups in total. The van der Waals surface area contributed by atoms with Crippen molar-refractivity contribution in [2.45, 2.75) is 51.6 Å². The topological polar surface area (TPSA) is 49.3 Å². The largest absolute Gasteiger partial charge is 0.480 e. The Bertz CT molecular complexity index is 371. The lowest BCUT2D eigenvalue weighted by atomic mass is 9.91. The quantitative estimate of drug-likeness (QED) is 0.781. The molecule has 0 spiro atoms. The Labute approximate surface area is 109 Å². The summed E-state index contributed by atoms with van der Waals surface area (Å²) in [6, 6.07) is 10.3. The molecular weight excluding hydrogens is 226 g/mol. The van der Waals surface area contributed by atoms with Crippen molar-refractivity contribution in [1.29, 1.82) is 0 Å². The van der Waals surface area contributed by atoms with Crippen LogP contribution in [0.1, 0.15) is 39.2 Å². The van der Waals surface area contributed by atoms with Crippen molar-refractivity contribution in [3.05, 3.63) is 35.9 Å². The van der Waals surface area contributed by atoms with Gasteiger partial charge in [-0.2, -0.15) is 0 Å². The summed E-state index contributed by atoms with van der Waals surface area (Å²) in [5.41, 5.74) is 0.428. The number of carboxylic acids is 1. The number of nitrogens with one attached hydrogen (secondary N) is 1. The third-order valence-electron chi connectivity index (χ3n) is 3.52. The van der Waals surface area contributed by atoms with Gasteiger partial charge in [0.1, 0.15) is 5.54 Å². The van der Waals surface area contributed by atoms with Crippen molar-refractivity contribution >= 4 is 5.97 Å². The first kappa shape index (κ1) is 14.7. The minimum atomic E-state index is -0.797. The minimum absolute atomic E-state index is 0.142. The van der Waals surface area contributed by atoms with Gasteiger partial charge in [0, 0.05) is 6.04 Å². The highest BCUT2D eigenvalue weighted by atomic mass is 16.4. The average molecular weight is 249 g/mol. The molecule has 0 amide bonds. The molecule has 3 nitrogen and oxygen atoms in total. The second-order valence-electron chi connectivity index (χ2n) is 4.83. The van der Waals surface area contributed by atoms with Crippen molar-refractivity contribution in [3.63, 3.8) is 0 Å².